The molecule has 0 spiro atoms. The van der Waals surface area contributed by atoms with Crippen LogP contribution in [0.4, 0.5) is 5.69 Å². The number of rotatable bonds is 6. The Bertz CT molecular complexity index is 525. The molecule has 5 heteroatoms. The van der Waals surface area contributed by atoms with Gasteiger partial charge in [-0.3, -0.25) is 0 Å². The van der Waals surface area contributed by atoms with Crippen LogP contribution in [0.3, 0.4) is 0 Å². The van der Waals surface area contributed by atoms with Gasteiger partial charge in [0.1, 0.15) is 0 Å². The number of hydrogen-bond donors (Lipinski definition) is 2. The Hall–Kier alpha value is -1.17. The van der Waals surface area contributed by atoms with Crippen molar-refractivity contribution in [3.8, 4) is 0 Å². The van der Waals surface area contributed by atoms with E-state index in [1.165, 1.54) is 10.3 Å². The smallest absolute Gasteiger partial charge is 0.0907 e. The van der Waals surface area contributed by atoms with Gasteiger partial charge >= 0.3 is 0 Å². The predicted molar refractivity (Wildman–Crippen MR) is 75.5 cm³/mol. The lowest BCUT2D eigenvalue weighted by Gasteiger charge is -2.09. The normalized spacial score (nSPS) is 11.1. The lowest BCUT2D eigenvalue weighted by atomic mass is 10.2. The van der Waals surface area contributed by atoms with Crippen molar-refractivity contribution in [3.63, 3.8) is 0 Å². The molecule has 0 bridgehead atoms. The van der Waals surface area contributed by atoms with Crippen molar-refractivity contribution in [1.82, 2.24) is 4.98 Å². The van der Waals surface area contributed by atoms with Crippen LogP contribution >= 0.6 is 11.3 Å². The SMILES string of the molecule is Cc1nc2cc(C)c(NCCOCCO)cc2s1. The molecule has 18 heavy (non-hydrogen) atoms. The van der Waals surface area contributed by atoms with Crippen molar-refractivity contribution in [1.29, 1.82) is 0 Å². The van der Waals surface area contributed by atoms with E-state index in [0.717, 1.165) is 22.8 Å². The van der Waals surface area contributed by atoms with Gasteiger partial charge in [0.2, 0.25) is 0 Å². The molecule has 1 aromatic heterocycles. The van der Waals surface area contributed by atoms with Crippen molar-refractivity contribution >= 4 is 27.2 Å². The van der Waals surface area contributed by atoms with E-state index in [0.29, 0.717) is 13.2 Å². The molecule has 2 N–H and O–H groups in total. The molecule has 2 aromatic rings. The summed E-state index contributed by atoms with van der Waals surface area (Å²) in [7, 11) is 0. The van der Waals surface area contributed by atoms with Crippen LogP contribution in [0.5, 0.6) is 0 Å². The highest BCUT2D eigenvalue weighted by Crippen LogP contribution is 2.27. The number of fused-ring (bicyclic) bond motifs is 1. The maximum atomic E-state index is 8.60. The predicted octanol–water partition coefficient (Wildman–Crippen LogP) is 2.33. The first-order chi connectivity index (χ1) is 8.70. The van der Waals surface area contributed by atoms with Crippen LogP contribution < -0.4 is 5.32 Å². The zero-order valence-electron chi connectivity index (χ0n) is 10.7. The summed E-state index contributed by atoms with van der Waals surface area (Å²) in [6, 6.07) is 4.25. The molecule has 0 aliphatic carbocycles. The maximum Gasteiger partial charge on any atom is 0.0907 e. The number of anilines is 1. The van der Waals surface area contributed by atoms with E-state index in [4.69, 9.17) is 9.84 Å². The molecule has 0 fully saturated rings. The maximum absolute atomic E-state index is 8.60. The Morgan fingerprint density at radius 2 is 2.17 bits per heavy atom. The molecule has 1 aromatic carbocycles. The summed E-state index contributed by atoms with van der Waals surface area (Å²) in [5.41, 5.74) is 3.38. The van der Waals surface area contributed by atoms with Gasteiger partial charge < -0.3 is 15.2 Å². The first-order valence-corrected chi connectivity index (χ1v) is 6.82. The highest BCUT2D eigenvalue weighted by molar-refractivity contribution is 7.18. The van der Waals surface area contributed by atoms with E-state index in [1.54, 1.807) is 11.3 Å². The van der Waals surface area contributed by atoms with Gasteiger partial charge in [-0.05, 0) is 31.5 Å². The zero-order valence-corrected chi connectivity index (χ0v) is 11.5. The minimum Gasteiger partial charge on any atom is -0.394 e. The summed E-state index contributed by atoms with van der Waals surface area (Å²) in [6.07, 6.45) is 0. The highest BCUT2D eigenvalue weighted by atomic mass is 32.1. The molecule has 0 saturated heterocycles. The Kier molecular flexibility index (Phi) is 4.52. The van der Waals surface area contributed by atoms with E-state index in [1.807, 2.05) is 6.92 Å². The summed E-state index contributed by atoms with van der Waals surface area (Å²) >= 11 is 1.71. The minimum absolute atomic E-state index is 0.0745. The molecule has 0 aliphatic rings. The number of thiazole rings is 1. The summed E-state index contributed by atoms with van der Waals surface area (Å²) in [5.74, 6) is 0. The second-order valence-electron chi connectivity index (χ2n) is 4.13. The molecule has 2 rings (SSSR count). The first-order valence-electron chi connectivity index (χ1n) is 6.01. The average molecular weight is 266 g/mol. The summed E-state index contributed by atoms with van der Waals surface area (Å²) < 4.78 is 6.42. The third kappa shape index (κ3) is 3.19. The third-order valence-corrected chi connectivity index (χ3v) is 3.57. The molecule has 0 unspecified atom stereocenters. The molecule has 4 nitrogen and oxygen atoms in total. The van der Waals surface area contributed by atoms with E-state index >= 15 is 0 Å². The van der Waals surface area contributed by atoms with Crippen molar-refractivity contribution in [2.24, 2.45) is 0 Å². The van der Waals surface area contributed by atoms with Crippen LogP contribution in [0.25, 0.3) is 10.2 Å². The van der Waals surface area contributed by atoms with Gasteiger partial charge in [-0.2, -0.15) is 0 Å². The second-order valence-corrected chi connectivity index (χ2v) is 5.37. The zero-order chi connectivity index (χ0) is 13.0. The fourth-order valence-electron chi connectivity index (χ4n) is 1.81. The molecule has 0 radical (unpaired) electrons. The number of benzene rings is 1. The van der Waals surface area contributed by atoms with Crippen LogP contribution in [0.2, 0.25) is 0 Å². The third-order valence-electron chi connectivity index (χ3n) is 2.64. The first kappa shape index (κ1) is 13.3. The summed E-state index contributed by atoms with van der Waals surface area (Å²) in [6.45, 7) is 5.91. The van der Waals surface area contributed by atoms with Gasteiger partial charge in [-0.1, -0.05) is 0 Å². The summed E-state index contributed by atoms with van der Waals surface area (Å²) in [4.78, 5) is 4.47. The molecule has 0 atom stereocenters. The number of aromatic nitrogens is 1. The number of aliphatic hydroxyl groups excluding tert-OH is 1. The lowest BCUT2D eigenvalue weighted by molar-refractivity contribution is 0.0992. The van der Waals surface area contributed by atoms with Gasteiger partial charge in [-0.15, -0.1) is 11.3 Å². The molecular formula is C13H18N2O2S. The monoisotopic (exact) mass is 266 g/mol. The van der Waals surface area contributed by atoms with E-state index in [-0.39, 0.29) is 6.61 Å². The number of aliphatic hydroxyl groups is 1. The van der Waals surface area contributed by atoms with Crippen molar-refractivity contribution in [2.45, 2.75) is 13.8 Å². The number of nitrogens with zero attached hydrogens (tertiary/aromatic N) is 1. The van der Waals surface area contributed by atoms with Gasteiger partial charge in [0.15, 0.2) is 0 Å². The number of ether oxygens (including phenoxy) is 1. The topological polar surface area (TPSA) is 54.4 Å². The van der Waals surface area contributed by atoms with E-state index < -0.39 is 0 Å². The van der Waals surface area contributed by atoms with Crippen molar-refractivity contribution < 1.29 is 9.84 Å². The number of hydrogen-bond acceptors (Lipinski definition) is 5. The lowest BCUT2D eigenvalue weighted by Crippen LogP contribution is -2.11. The molecule has 0 aliphatic heterocycles. The molecular weight excluding hydrogens is 248 g/mol. The Morgan fingerprint density at radius 1 is 1.33 bits per heavy atom. The number of nitrogens with one attached hydrogen (secondary N) is 1. The van der Waals surface area contributed by atoms with Crippen molar-refractivity contribution in [2.75, 3.05) is 31.7 Å². The van der Waals surface area contributed by atoms with Gasteiger partial charge in [0.25, 0.3) is 0 Å². The standard InChI is InChI=1S/C13H18N2O2S/c1-9-7-12-13(18-10(2)15-12)8-11(9)14-3-5-17-6-4-16/h7-8,14,16H,3-6H2,1-2H3. The highest BCUT2D eigenvalue weighted by Gasteiger charge is 2.05. The van der Waals surface area contributed by atoms with Crippen LogP contribution in [-0.2, 0) is 4.74 Å². The largest absolute Gasteiger partial charge is 0.394 e. The summed E-state index contributed by atoms with van der Waals surface area (Å²) in [5, 5.41) is 13.0. The van der Waals surface area contributed by atoms with Gasteiger partial charge in [0.05, 0.1) is 35.0 Å². The van der Waals surface area contributed by atoms with E-state index in [9.17, 15) is 0 Å². The van der Waals surface area contributed by atoms with Crippen LogP contribution in [0, 0.1) is 13.8 Å². The fraction of sp³-hybridized carbons (Fsp3) is 0.462. The van der Waals surface area contributed by atoms with Crippen LogP contribution in [0.15, 0.2) is 12.1 Å². The molecule has 0 amide bonds. The Balaban J connectivity index is 2.01. The molecule has 0 saturated carbocycles. The van der Waals surface area contributed by atoms with E-state index in [2.05, 4.69) is 29.4 Å². The Morgan fingerprint density at radius 3 is 2.94 bits per heavy atom. The average Bonchev–Trinajstić information content (AvgIpc) is 2.68. The van der Waals surface area contributed by atoms with Crippen molar-refractivity contribution in [3.05, 3.63) is 22.7 Å². The van der Waals surface area contributed by atoms with Gasteiger partial charge in [0, 0.05) is 12.2 Å². The molecule has 1 heterocycles. The van der Waals surface area contributed by atoms with Crippen LogP contribution in [-0.4, -0.2) is 36.5 Å². The quantitative estimate of drug-likeness (QED) is 0.788. The fourth-order valence-corrected chi connectivity index (χ4v) is 2.66. The second kappa shape index (κ2) is 6.13. The Labute approximate surface area is 111 Å². The minimum atomic E-state index is 0.0745. The molecule has 98 valence electrons. The van der Waals surface area contributed by atoms with Gasteiger partial charge in [-0.25, -0.2) is 4.98 Å². The van der Waals surface area contributed by atoms with Crippen LogP contribution in [0.1, 0.15) is 10.6 Å². The number of aryl methyl sites for hydroxylation is 2.